The Hall–Kier alpha value is -4.03. The quantitative estimate of drug-likeness (QED) is 0.347. The second-order valence-corrected chi connectivity index (χ2v) is 8.82. The Balaban J connectivity index is 1.47. The van der Waals surface area contributed by atoms with Crippen molar-refractivity contribution >= 4 is 51.7 Å². The molecule has 35 heavy (non-hydrogen) atoms. The van der Waals surface area contributed by atoms with E-state index in [1.807, 2.05) is 61.5 Å². The monoisotopic (exact) mass is 481 g/mol. The van der Waals surface area contributed by atoms with Gasteiger partial charge in [-0.3, -0.25) is 9.79 Å². The molecule has 0 radical (unpaired) electrons. The molecular weight excluding hydrogens is 458 g/mol. The standard InChI is InChI=1S/C28H24ClN5O/c1-18-8-10-19(11-9-18)16-31-28(35)23-6-2-3-7-24(23)32-27-22-13-12-21(29)15-25(22)33-26(34-27)20-5-4-14-30-17-20/h2-3,5-13,15,17H,4,14,16H2,1H3,(H,31,35)(H,32,33,34). The van der Waals surface area contributed by atoms with Crippen molar-refractivity contribution in [2.24, 2.45) is 4.99 Å². The van der Waals surface area contributed by atoms with Crippen LogP contribution in [0, 0.1) is 6.92 Å². The molecule has 0 atom stereocenters. The highest BCUT2D eigenvalue weighted by molar-refractivity contribution is 6.31. The van der Waals surface area contributed by atoms with Crippen molar-refractivity contribution in [1.82, 2.24) is 15.3 Å². The number of fused-ring (bicyclic) bond motifs is 1. The largest absolute Gasteiger partial charge is 0.348 e. The molecule has 3 aromatic carbocycles. The summed E-state index contributed by atoms with van der Waals surface area (Å²) in [5.74, 6) is 0.991. The van der Waals surface area contributed by atoms with Gasteiger partial charge in [0, 0.05) is 35.3 Å². The van der Waals surface area contributed by atoms with Gasteiger partial charge in [-0.2, -0.15) is 0 Å². The molecular formula is C28H24ClN5O. The molecule has 0 spiro atoms. The van der Waals surface area contributed by atoms with E-state index in [2.05, 4.69) is 21.7 Å². The maximum atomic E-state index is 13.1. The highest BCUT2D eigenvalue weighted by Crippen LogP contribution is 2.29. The highest BCUT2D eigenvalue weighted by atomic mass is 35.5. The number of nitrogens with zero attached hydrogens (tertiary/aromatic N) is 3. The number of rotatable bonds is 6. The summed E-state index contributed by atoms with van der Waals surface area (Å²) in [6, 6.07) is 21.0. The first-order chi connectivity index (χ1) is 17.1. The molecule has 1 amide bonds. The predicted octanol–water partition coefficient (Wildman–Crippen LogP) is 6.12. The minimum absolute atomic E-state index is 0.169. The van der Waals surface area contributed by atoms with E-state index >= 15 is 0 Å². The molecule has 5 rings (SSSR count). The van der Waals surface area contributed by atoms with Gasteiger partial charge >= 0.3 is 0 Å². The van der Waals surface area contributed by atoms with Crippen LogP contribution >= 0.6 is 11.6 Å². The first-order valence-corrected chi connectivity index (χ1v) is 11.8. The van der Waals surface area contributed by atoms with Gasteiger partial charge in [0.1, 0.15) is 5.82 Å². The molecule has 0 bridgehead atoms. The Kier molecular flexibility index (Phi) is 6.55. The molecule has 0 saturated heterocycles. The van der Waals surface area contributed by atoms with Crippen LogP contribution in [0.5, 0.6) is 0 Å². The summed E-state index contributed by atoms with van der Waals surface area (Å²) in [5.41, 5.74) is 4.99. The van der Waals surface area contributed by atoms with E-state index < -0.39 is 0 Å². The normalized spacial score (nSPS) is 12.9. The van der Waals surface area contributed by atoms with Crippen LogP contribution in [0.25, 0.3) is 16.5 Å². The fraction of sp³-hybridized carbons (Fsp3) is 0.143. The van der Waals surface area contributed by atoms with E-state index in [1.165, 1.54) is 5.56 Å². The number of benzene rings is 3. The van der Waals surface area contributed by atoms with Gasteiger partial charge in [-0.25, -0.2) is 9.97 Å². The minimum Gasteiger partial charge on any atom is -0.348 e. The molecule has 0 fully saturated rings. The Labute approximate surface area is 208 Å². The van der Waals surface area contributed by atoms with Gasteiger partial charge in [-0.15, -0.1) is 0 Å². The number of aliphatic imine (C=N–C) groups is 1. The highest BCUT2D eigenvalue weighted by Gasteiger charge is 2.16. The number of carbonyl (C=O) groups is 1. The number of para-hydroxylation sites is 1. The lowest BCUT2D eigenvalue weighted by Gasteiger charge is -2.15. The number of carbonyl (C=O) groups excluding carboxylic acids is 1. The van der Waals surface area contributed by atoms with Crippen molar-refractivity contribution in [3.05, 3.63) is 100 Å². The number of nitrogens with one attached hydrogen (secondary N) is 2. The van der Waals surface area contributed by atoms with Crippen LogP contribution in [0.1, 0.15) is 33.7 Å². The topological polar surface area (TPSA) is 79.3 Å². The first-order valence-electron chi connectivity index (χ1n) is 11.4. The van der Waals surface area contributed by atoms with E-state index in [0.29, 0.717) is 40.0 Å². The van der Waals surface area contributed by atoms with Gasteiger partial charge in [-0.05, 0) is 49.2 Å². The van der Waals surface area contributed by atoms with Gasteiger partial charge in [0.25, 0.3) is 5.91 Å². The van der Waals surface area contributed by atoms with Gasteiger partial charge in [0.15, 0.2) is 5.82 Å². The molecule has 7 heteroatoms. The zero-order valence-electron chi connectivity index (χ0n) is 19.3. The first kappa shape index (κ1) is 22.7. The van der Waals surface area contributed by atoms with Gasteiger partial charge in [-0.1, -0.05) is 59.6 Å². The third-order valence-electron chi connectivity index (χ3n) is 5.77. The molecule has 6 nitrogen and oxygen atoms in total. The van der Waals surface area contributed by atoms with Crippen molar-refractivity contribution in [2.45, 2.75) is 19.9 Å². The predicted molar refractivity (Wildman–Crippen MR) is 143 cm³/mol. The van der Waals surface area contributed by atoms with Crippen molar-refractivity contribution in [3.8, 4) is 0 Å². The fourth-order valence-electron chi connectivity index (χ4n) is 3.89. The van der Waals surface area contributed by atoms with E-state index in [9.17, 15) is 4.79 Å². The molecule has 0 aliphatic carbocycles. The van der Waals surface area contributed by atoms with Crippen molar-refractivity contribution in [1.29, 1.82) is 0 Å². The molecule has 0 unspecified atom stereocenters. The zero-order valence-corrected chi connectivity index (χ0v) is 20.0. The average molecular weight is 482 g/mol. The van der Waals surface area contributed by atoms with E-state index in [0.717, 1.165) is 29.5 Å². The molecule has 0 saturated carbocycles. The molecule has 1 aromatic heterocycles. The summed E-state index contributed by atoms with van der Waals surface area (Å²) in [4.78, 5) is 27.0. The van der Waals surface area contributed by atoms with Gasteiger partial charge in [0.2, 0.25) is 0 Å². The summed E-state index contributed by atoms with van der Waals surface area (Å²) in [7, 11) is 0. The molecule has 2 heterocycles. The van der Waals surface area contributed by atoms with E-state index in [-0.39, 0.29) is 5.91 Å². The van der Waals surface area contributed by atoms with Crippen LogP contribution < -0.4 is 10.6 Å². The number of halogens is 1. The third kappa shape index (κ3) is 5.23. The number of hydrogen-bond donors (Lipinski definition) is 2. The second kappa shape index (κ2) is 10.1. The summed E-state index contributed by atoms with van der Waals surface area (Å²) in [5, 5.41) is 7.79. The number of aryl methyl sites for hydroxylation is 1. The van der Waals surface area contributed by atoms with Crippen LogP contribution in [-0.2, 0) is 6.54 Å². The maximum absolute atomic E-state index is 13.1. The second-order valence-electron chi connectivity index (χ2n) is 8.38. The van der Waals surface area contributed by atoms with E-state index in [4.69, 9.17) is 21.6 Å². The molecule has 1 aliphatic rings. The Morgan fingerprint density at radius 2 is 1.86 bits per heavy atom. The number of aromatic nitrogens is 2. The molecule has 2 N–H and O–H groups in total. The lowest BCUT2D eigenvalue weighted by atomic mass is 10.1. The Morgan fingerprint density at radius 1 is 1.03 bits per heavy atom. The fourth-order valence-corrected chi connectivity index (χ4v) is 4.05. The van der Waals surface area contributed by atoms with Gasteiger partial charge < -0.3 is 10.6 Å². The zero-order chi connectivity index (χ0) is 24.2. The minimum atomic E-state index is -0.169. The van der Waals surface area contributed by atoms with Crippen LogP contribution in [0.4, 0.5) is 11.5 Å². The average Bonchev–Trinajstić information content (AvgIpc) is 2.88. The van der Waals surface area contributed by atoms with E-state index in [1.54, 1.807) is 18.3 Å². The summed E-state index contributed by atoms with van der Waals surface area (Å²) in [6.07, 6.45) is 4.72. The number of amides is 1. The maximum Gasteiger partial charge on any atom is 0.253 e. The lowest BCUT2D eigenvalue weighted by Crippen LogP contribution is -2.23. The van der Waals surface area contributed by atoms with Crippen LogP contribution in [-0.4, -0.2) is 28.6 Å². The number of dihydropyridines is 1. The Morgan fingerprint density at radius 3 is 2.66 bits per heavy atom. The molecule has 1 aliphatic heterocycles. The smallest absolute Gasteiger partial charge is 0.253 e. The summed E-state index contributed by atoms with van der Waals surface area (Å²) in [6.45, 7) is 3.25. The van der Waals surface area contributed by atoms with Gasteiger partial charge in [0.05, 0.1) is 16.8 Å². The number of allylic oxidation sites excluding steroid dienone is 1. The van der Waals surface area contributed by atoms with Crippen molar-refractivity contribution in [2.75, 3.05) is 11.9 Å². The third-order valence-corrected chi connectivity index (χ3v) is 6.00. The van der Waals surface area contributed by atoms with Crippen LogP contribution in [0.3, 0.4) is 0 Å². The van der Waals surface area contributed by atoms with Crippen molar-refractivity contribution in [3.63, 3.8) is 0 Å². The van der Waals surface area contributed by atoms with Crippen molar-refractivity contribution < 1.29 is 4.79 Å². The summed E-state index contributed by atoms with van der Waals surface area (Å²) < 4.78 is 0. The Bertz CT molecular complexity index is 1460. The van der Waals surface area contributed by atoms with Crippen LogP contribution in [0.2, 0.25) is 5.02 Å². The lowest BCUT2D eigenvalue weighted by molar-refractivity contribution is 0.0951. The SMILES string of the molecule is Cc1ccc(CNC(=O)c2ccccc2Nc2nc(C3=CCCN=C3)nc3cc(Cl)ccc23)cc1. The summed E-state index contributed by atoms with van der Waals surface area (Å²) >= 11 is 6.26. The number of hydrogen-bond acceptors (Lipinski definition) is 5. The van der Waals surface area contributed by atoms with Crippen LogP contribution in [0.15, 0.2) is 77.8 Å². The number of anilines is 2. The molecule has 4 aromatic rings. The molecule has 174 valence electrons.